The molecule has 1 amide bonds. The third kappa shape index (κ3) is 3.17. The van der Waals surface area contributed by atoms with Gasteiger partial charge < -0.3 is 9.80 Å². The Morgan fingerprint density at radius 3 is 2.65 bits per heavy atom. The van der Waals surface area contributed by atoms with E-state index in [-0.39, 0.29) is 5.91 Å². The zero-order valence-corrected chi connectivity index (χ0v) is 13.0. The van der Waals surface area contributed by atoms with Crippen LogP contribution in [-0.4, -0.2) is 63.9 Å². The van der Waals surface area contributed by atoms with Crippen molar-refractivity contribution in [1.29, 1.82) is 0 Å². The van der Waals surface area contributed by atoms with Gasteiger partial charge in [-0.05, 0) is 47.2 Å². The van der Waals surface area contributed by atoms with Crippen molar-refractivity contribution in [2.45, 2.75) is 45.7 Å². The van der Waals surface area contributed by atoms with Gasteiger partial charge in [0.2, 0.25) is 0 Å². The number of aromatic nitrogens is 3. The predicted octanol–water partition coefficient (Wildman–Crippen LogP) is 1.16. The molecule has 0 aliphatic carbocycles. The molecule has 0 saturated carbocycles. The van der Waals surface area contributed by atoms with E-state index in [1.54, 1.807) is 4.80 Å². The minimum Gasteiger partial charge on any atom is -0.337 e. The van der Waals surface area contributed by atoms with Crippen LogP contribution in [0.1, 0.15) is 42.4 Å². The molecule has 6 heteroatoms. The lowest BCUT2D eigenvalue weighted by Crippen LogP contribution is -2.34. The van der Waals surface area contributed by atoms with Gasteiger partial charge in [0, 0.05) is 19.1 Å². The molecule has 1 fully saturated rings. The van der Waals surface area contributed by atoms with E-state index >= 15 is 0 Å². The monoisotopic (exact) mass is 279 g/mol. The van der Waals surface area contributed by atoms with Gasteiger partial charge in [0.1, 0.15) is 0 Å². The Morgan fingerprint density at radius 2 is 2.05 bits per heavy atom. The van der Waals surface area contributed by atoms with Crippen LogP contribution in [0.3, 0.4) is 0 Å². The summed E-state index contributed by atoms with van der Waals surface area (Å²) in [5.74, 6) is 0.0293. The standard InChI is InChI=1S/C14H25N5O/c1-5-19-15-11(2)13(16-19)14(20)18-9-6-7-12(8-10-18)17(3)4/h12H,5-10H2,1-4H3. The van der Waals surface area contributed by atoms with Crippen LogP contribution in [0, 0.1) is 6.92 Å². The number of aryl methyl sites for hydroxylation is 2. The zero-order chi connectivity index (χ0) is 14.7. The summed E-state index contributed by atoms with van der Waals surface area (Å²) in [6.45, 7) is 6.15. The first-order valence-electron chi connectivity index (χ1n) is 7.40. The molecular formula is C14H25N5O. The Morgan fingerprint density at radius 1 is 1.30 bits per heavy atom. The molecule has 0 aromatic carbocycles. The number of nitrogens with zero attached hydrogens (tertiary/aromatic N) is 5. The van der Waals surface area contributed by atoms with Gasteiger partial charge in [0.05, 0.1) is 12.2 Å². The summed E-state index contributed by atoms with van der Waals surface area (Å²) >= 11 is 0. The van der Waals surface area contributed by atoms with Crippen LogP contribution in [-0.2, 0) is 6.54 Å². The molecule has 1 atom stereocenters. The van der Waals surface area contributed by atoms with Crippen LogP contribution in [0.2, 0.25) is 0 Å². The van der Waals surface area contributed by atoms with Crippen LogP contribution in [0.5, 0.6) is 0 Å². The molecule has 1 aromatic heterocycles. The van der Waals surface area contributed by atoms with Gasteiger partial charge >= 0.3 is 0 Å². The molecule has 1 unspecified atom stereocenters. The number of hydrogen-bond donors (Lipinski definition) is 0. The number of carbonyl (C=O) groups excluding carboxylic acids is 1. The largest absolute Gasteiger partial charge is 0.337 e. The van der Waals surface area contributed by atoms with Crippen molar-refractivity contribution in [1.82, 2.24) is 24.8 Å². The molecule has 0 spiro atoms. The van der Waals surface area contributed by atoms with E-state index in [4.69, 9.17) is 0 Å². The van der Waals surface area contributed by atoms with Crippen LogP contribution in [0.4, 0.5) is 0 Å². The van der Waals surface area contributed by atoms with Crippen LogP contribution in [0.15, 0.2) is 0 Å². The fourth-order valence-corrected chi connectivity index (χ4v) is 2.72. The Hall–Kier alpha value is -1.43. The fraction of sp³-hybridized carbons (Fsp3) is 0.786. The summed E-state index contributed by atoms with van der Waals surface area (Å²) in [5, 5.41) is 8.55. The van der Waals surface area contributed by atoms with Crippen molar-refractivity contribution in [3.8, 4) is 0 Å². The second kappa shape index (κ2) is 6.35. The van der Waals surface area contributed by atoms with Crippen LogP contribution in [0.25, 0.3) is 0 Å². The van der Waals surface area contributed by atoms with Gasteiger partial charge in [0.25, 0.3) is 5.91 Å². The molecule has 1 aliphatic heterocycles. The number of amides is 1. The summed E-state index contributed by atoms with van der Waals surface area (Å²) in [6.07, 6.45) is 3.23. The highest BCUT2D eigenvalue weighted by Crippen LogP contribution is 2.17. The molecule has 1 saturated heterocycles. The van der Waals surface area contributed by atoms with Crippen molar-refractivity contribution in [3.05, 3.63) is 11.4 Å². The molecule has 6 nitrogen and oxygen atoms in total. The van der Waals surface area contributed by atoms with Crippen LogP contribution < -0.4 is 0 Å². The van der Waals surface area contributed by atoms with Gasteiger partial charge in [-0.3, -0.25) is 4.79 Å². The molecule has 0 bridgehead atoms. The number of rotatable bonds is 3. The molecule has 20 heavy (non-hydrogen) atoms. The number of carbonyl (C=O) groups is 1. The molecule has 2 rings (SSSR count). The minimum absolute atomic E-state index is 0.0293. The third-order valence-corrected chi connectivity index (χ3v) is 4.02. The zero-order valence-electron chi connectivity index (χ0n) is 13.0. The van der Waals surface area contributed by atoms with Gasteiger partial charge in [0.15, 0.2) is 5.69 Å². The fourth-order valence-electron chi connectivity index (χ4n) is 2.72. The summed E-state index contributed by atoms with van der Waals surface area (Å²) in [4.78, 5) is 18.3. The molecule has 1 aliphatic rings. The maximum atomic E-state index is 12.6. The Balaban J connectivity index is 2.07. The Labute approximate surface area is 120 Å². The highest BCUT2D eigenvalue weighted by Gasteiger charge is 2.25. The first-order chi connectivity index (χ1) is 9.52. The van der Waals surface area contributed by atoms with Gasteiger partial charge in [-0.25, -0.2) is 0 Å². The molecule has 0 radical (unpaired) electrons. The predicted molar refractivity (Wildman–Crippen MR) is 77.7 cm³/mol. The smallest absolute Gasteiger partial charge is 0.276 e. The van der Waals surface area contributed by atoms with Crippen molar-refractivity contribution in [2.24, 2.45) is 0 Å². The summed E-state index contributed by atoms with van der Waals surface area (Å²) in [6, 6.07) is 0.570. The number of likely N-dealkylation sites (tertiary alicyclic amines) is 1. The molecule has 2 heterocycles. The SMILES string of the molecule is CCn1nc(C)c(C(=O)N2CCCC(N(C)C)CC2)n1. The van der Waals surface area contributed by atoms with Gasteiger partial charge in [-0.15, -0.1) is 5.10 Å². The van der Waals surface area contributed by atoms with Gasteiger partial charge in [-0.1, -0.05) is 0 Å². The number of hydrogen-bond acceptors (Lipinski definition) is 4. The molecule has 0 N–H and O–H groups in total. The molecule has 112 valence electrons. The minimum atomic E-state index is 0.0293. The highest BCUT2D eigenvalue weighted by atomic mass is 16.2. The first-order valence-corrected chi connectivity index (χ1v) is 7.40. The lowest BCUT2D eigenvalue weighted by Gasteiger charge is -2.23. The average Bonchev–Trinajstić information content (AvgIpc) is 2.64. The molecule has 1 aromatic rings. The summed E-state index contributed by atoms with van der Waals surface area (Å²) in [7, 11) is 4.22. The lowest BCUT2D eigenvalue weighted by molar-refractivity contribution is 0.0751. The normalized spacial score (nSPS) is 20.2. The van der Waals surface area contributed by atoms with E-state index in [1.807, 2.05) is 18.7 Å². The first kappa shape index (κ1) is 15.0. The van der Waals surface area contributed by atoms with E-state index in [2.05, 4.69) is 29.2 Å². The van der Waals surface area contributed by atoms with E-state index < -0.39 is 0 Å². The maximum Gasteiger partial charge on any atom is 0.276 e. The quantitative estimate of drug-likeness (QED) is 0.833. The highest BCUT2D eigenvalue weighted by molar-refractivity contribution is 5.93. The van der Waals surface area contributed by atoms with E-state index in [1.165, 1.54) is 0 Å². The second-order valence-corrected chi connectivity index (χ2v) is 5.66. The second-order valence-electron chi connectivity index (χ2n) is 5.66. The maximum absolute atomic E-state index is 12.6. The third-order valence-electron chi connectivity index (χ3n) is 4.02. The van der Waals surface area contributed by atoms with Gasteiger partial charge in [-0.2, -0.15) is 9.90 Å². The Bertz CT molecular complexity index is 468. The lowest BCUT2D eigenvalue weighted by atomic mass is 10.1. The average molecular weight is 279 g/mol. The van der Waals surface area contributed by atoms with E-state index in [9.17, 15) is 4.79 Å². The van der Waals surface area contributed by atoms with Crippen LogP contribution >= 0.6 is 0 Å². The topological polar surface area (TPSA) is 54.3 Å². The van der Waals surface area contributed by atoms with E-state index in [0.29, 0.717) is 18.3 Å². The Kier molecular flexibility index (Phi) is 4.75. The summed E-state index contributed by atoms with van der Waals surface area (Å²) in [5.41, 5.74) is 1.24. The van der Waals surface area contributed by atoms with Crippen molar-refractivity contribution in [2.75, 3.05) is 27.2 Å². The molecular weight excluding hydrogens is 254 g/mol. The van der Waals surface area contributed by atoms with Crippen molar-refractivity contribution < 1.29 is 4.79 Å². The van der Waals surface area contributed by atoms with Crippen molar-refractivity contribution in [3.63, 3.8) is 0 Å². The van der Waals surface area contributed by atoms with Crippen molar-refractivity contribution >= 4 is 5.91 Å². The summed E-state index contributed by atoms with van der Waals surface area (Å²) < 4.78 is 0. The van der Waals surface area contributed by atoms with E-state index in [0.717, 1.165) is 38.0 Å².